The zero-order valence-electron chi connectivity index (χ0n) is 38.6. The Morgan fingerprint density at radius 3 is 1.59 bits per heavy atom. The number of benzene rings is 4. The Labute approximate surface area is 380 Å². The molecular formula is C57H68ClZr-3. The molecule has 5 aromatic rings. The van der Waals surface area contributed by atoms with E-state index >= 15 is 0 Å². The van der Waals surface area contributed by atoms with E-state index in [1.54, 1.807) is 27.4 Å². The van der Waals surface area contributed by atoms with Crippen LogP contribution >= 0.6 is 0 Å². The van der Waals surface area contributed by atoms with Crippen LogP contribution in [-0.2, 0) is 66.2 Å². The average molecular weight is 880 g/mol. The third-order valence-electron chi connectivity index (χ3n) is 12.2. The number of hydrogen-bond donors (Lipinski definition) is 0. The SMILES string of the molecule is CC(C)(C)C1=[C-]C(C)(C)c2cc3c(cc21)-c1cc2c(cc1C3)C(C)(C)C=C2C(C)(C)C.CCc1cc(C(C)(C)C)c[cH-]1.[Cl-].[Zr]=[C](Cc1ccccc1)Cc1ccccc1. The second-order valence-electron chi connectivity index (χ2n) is 21.2. The molecule has 0 radical (unpaired) electrons. The van der Waals surface area contributed by atoms with Crippen LogP contribution in [0.2, 0.25) is 0 Å². The first kappa shape index (κ1) is 46.8. The van der Waals surface area contributed by atoms with E-state index < -0.39 is 0 Å². The van der Waals surface area contributed by atoms with Crippen molar-refractivity contribution in [3.05, 3.63) is 171 Å². The van der Waals surface area contributed by atoms with E-state index in [9.17, 15) is 0 Å². The molecule has 0 spiro atoms. The quantitative estimate of drug-likeness (QED) is 0.151. The van der Waals surface area contributed by atoms with Crippen LogP contribution in [-0.4, -0.2) is 3.21 Å². The number of fused-ring (bicyclic) bond motifs is 5. The van der Waals surface area contributed by atoms with Gasteiger partial charge in [0.15, 0.2) is 0 Å². The monoisotopic (exact) mass is 877 g/mol. The molecule has 0 amide bonds. The van der Waals surface area contributed by atoms with Crippen LogP contribution in [0.15, 0.2) is 109 Å². The van der Waals surface area contributed by atoms with Crippen LogP contribution in [0, 0.1) is 16.9 Å². The van der Waals surface area contributed by atoms with E-state index in [0.29, 0.717) is 5.41 Å². The summed E-state index contributed by atoms with van der Waals surface area (Å²) in [6.07, 6.45) is 10.8. The van der Waals surface area contributed by atoms with Crippen molar-refractivity contribution in [3.8, 4) is 11.1 Å². The molecule has 3 aliphatic rings. The Bertz CT molecular complexity index is 2200. The van der Waals surface area contributed by atoms with E-state index in [4.69, 9.17) is 0 Å². The van der Waals surface area contributed by atoms with Gasteiger partial charge in [0, 0.05) is 5.41 Å². The van der Waals surface area contributed by atoms with Crippen LogP contribution in [0.3, 0.4) is 0 Å². The summed E-state index contributed by atoms with van der Waals surface area (Å²) in [5.74, 6) is 0. The molecule has 2 heteroatoms. The van der Waals surface area contributed by atoms with Crippen molar-refractivity contribution in [1.82, 2.24) is 0 Å². The number of hydrogen-bond acceptors (Lipinski definition) is 0. The van der Waals surface area contributed by atoms with Gasteiger partial charge >= 0.3 is 112 Å². The zero-order chi connectivity index (χ0) is 42.4. The molecular weight excluding hydrogens is 811 g/mol. The summed E-state index contributed by atoms with van der Waals surface area (Å²) in [4.78, 5) is 0. The van der Waals surface area contributed by atoms with Gasteiger partial charge in [-0.05, 0) is 62.3 Å². The first-order valence-corrected chi connectivity index (χ1v) is 22.9. The number of halogens is 1. The predicted molar refractivity (Wildman–Crippen MR) is 250 cm³/mol. The molecule has 310 valence electrons. The normalized spacial score (nSPS) is 15.5. The summed E-state index contributed by atoms with van der Waals surface area (Å²) >= 11 is 1.55. The molecule has 3 aliphatic carbocycles. The zero-order valence-corrected chi connectivity index (χ0v) is 41.8. The molecule has 0 bridgehead atoms. The summed E-state index contributed by atoms with van der Waals surface area (Å²) in [5, 5.41) is 0. The molecule has 0 aliphatic heterocycles. The van der Waals surface area contributed by atoms with Crippen LogP contribution in [0.4, 0.5) is 0 Å². The standard InChI is InChI=1S/C31H37.C15H14.C11H17.ClH.Zr/c1-28(2,3)26-16-30(7,8)24-12-18-11-19-13-25-23(15-21(19)20(18)14-22(24)26)27(29(4,5)6)17-31(25,9)10;1-3-8-14(9-4-1)12-7-13-15-10-5-2-6-11-15;1-5-9-6-7-10(8-9)11(2,3)4;;/h12-16H,11H2,1-10H3;1-6,8-11H,12-13H2;6-8H,5H2,1-4H3;1H;/q-1;;-1;;/p-1. The minimum absolute atomic E-state index is 0. The van der Waals surface area contributed by atoms with Gasteiger partial charge in [-0.3, -0.25) is 6.08 Å². The maximum absolute atomic E-state index is 3.85. The van der Waals surface area contributed by atoms with Crippen molar-refractivity contribution >= 4 is 14.4 Å². The van der Waals surface area contributed by atoms with Crippen molar-refractivity contribution in [2.45, 2.75) is 139 Å². The van der Waals surface area contributed by atoms with Gasteiger partial charge in [-0.15, -0.1) is 11.6 Å². The Morgan fingerprint density at radius 1 is 0.644 bits per heavy atom. The van der Waals surface area contributed by atoms with E-state index in [1.165, 1.54) is 77.9 Å². The summed E-state index contributed by atoms with van der Waals surface area (Å²) in [6, 6.07) is 38.2. The fourth-order valence-electron chi connectivity index (χ4n) is 8.87. The number of aryl methyl sites for hydroxylation is 1. The van der Waals surface area contributed by atoms with Gasteiger partial charge in [0.1, 0.15) is 0 Å². The molecule has 8 rings (SSSR count). The first-order valence-electron chi connectivity index (χ1n) is 21.6. The maximum atomic E-state index is 3.85. The molecule has 0 saturated heterocycles. The van der Waals surface area contributed by atoms with Crippen molar-refractivity contribution in [1.29, 1.82) is 0 Å². The predicted octanol–water partition coefficient (Wildman–Crippen LogP) is 12.0. The molecule has 0 N–H and O–H groups in total. The summed E-state index contributed by atoms with van der Waals surface area (Å²) in [6.45, 7) is 32.3. The summed E-state index contributed by atoms with van der Waals surface area (Å²) < 4.78 is 1.60. The second-order valence-corrected chi connectivity index (χ2v) is 23.0. The number of rotatable bonds is 5. The average Bonchev–Trinajstić information content (AvgIpc) is 3.89. The van der Waals surface area contributed by atoms with Gasteiger partial charge in [0.25, 0.3) is 0 Å². The summed E-state index contributed by atoms with van der Waals surface area (Å²) in [7, 11) is 0. The van der Waals surface area contributed by atoms with Gasteiger partial charge in [0.05, 0.1) is 0 Å². The van der Waals surface area contributed by atoms with E-state index in [2.05, 4.69) is 212 Å². The molecule has 0 unspecified atom stereocenters. The van der Waals surface area contributed by atoms with Gasteiger partial charge in [-0.2, -0.15) is 28.8 Å². The molecule has 0 heterocycles. The van der Waals surface area contributed by atoms with Crippen LogP contribution in [0.1, 0.15) is 153 Å². The topological polar surface area (TPSA) is 0 Å². The van der Waals surface area contributed by atoms with Crippen LogP contribution in [0.25, 0.3) is 22.3 Å². The Morgan fingerprint density at radius 2 is 1.15 bits per heavy atom. The Kier molecular flexibility index (Phi) is 14.0. The van der Waals surface area contributed by atoms with Gasteiger partial charge in [-0.1, -0.05) is 132 Å². The molecule has 0 atom stereocenters. The van der Waals surface area contributed by atoms with Crippen molar-refractivity contribution in [2.75, 3.05) is 0 Å². The van der Waals surface area contributed by atoms with Gasteiger partial charge in [0.2, 0.25) is 0 Å². The van der Waals surface area contributed by atoms with E-state index in [0.717, 1.165) is 25.7 Å². The fraction of sp³-hybridized carbons (Fsp3) is 0.404. The second kappa shape index (κ2) is 17.6. The third-order valence-corrected chi connectivity index (χ3v) is 13.1. The molecule has 0 nitrogen and oxygen atoms in total. The molecule has 0 saturated carbocycles. The Balaban J connectivity index is 0.000000197. The van der Waals surface area contributed by atoms with Crippen molar-refractivity contribution in [3.63, 3.8) is 0 Å². The molecule has 0 aromatic heterocycles. The van der Waals surface area contributed by atoms with Gasteiger partial charge in [-0.25, -0.2) is 11.6 Å². The molecule has 59 heavy (non-hydrogen) atoms. The molecule has 5 aromatic carbocycles. The number of allylic oxidation sites excluding steroid dienone is 4. The summed E-state index contributed by atoms with van der Waals surface area (Å²) in [5.41, 5.74) is 21.0. The van der Waals surface area contributed by atoms with Crippen LogP contribution in [0.5, 0.6) is 0 Å². The first-order chi connectivity index (χ1) is 27.0. The van der Waals surface area contributed by atoms with E-state index in [1.807, 2.05) is 0 Å². The van der Waals surface area contributed by atoms with Crippen LogP contribution < -0.4 is 12.4 Å². The fourth-order valence-corrected chi connectivity index (χ4v) is 9.87. The van der Waals surface area contributed by atoms with Gasteiger partial charge < -0.3 is 12.4 Å². The van der Waals surface area contributed by atoms with Crippen molar-refractivity contribution < 1.29 is 36.6 Å². The minimum atomic E-state index is -0.0202. The van der Waals surface area contributed by atoms with E-state index in [-0.39, 0.29) is 34.1 Å². The Hall–Kier alpha value is -3.25. The molecule has 0 fully saturated rings. The van der Waals surface area contributed by atoms with Crippen molar-refractivity contribution in [2.24, 2.45) is 10.8 Å². The third kappa shape index (κ3) is 10.6.